The number of carbonyl (C=O) groups excluding carboxylic acids is 2. The molecule has 0 saturated heterocycles. The van der Waals surface area contributed by atoms with Crippen molar-refractivity contribution in [2.75, 3.05) is 6.54 Å². The summed E-state index contributed by atoms with van der Waals surface area (Å²) in [5, 5.41) is 15.6. The van der Waals surface area contributed by atoms with Crippen molar-refractivity contribution in [1.29, 1.82) is 0 Å². The molecular weight excluding hydrogens is 312 g/mol. The first-order chi connectivity index (χ1) is 11.3. The van der Waals surface area contributed by atoms with Gasteiger partial charge in [0.15, 0.2) is 11.5 Å². The number of ketones is 1. The summed E-state index contributed by atoms with van der Waals surface area (Å²) < 4.78 is 0. The topological polar surface area (TPSA) is 119 Å². The lowest BCUT2D eigenvalue weighted by Crippen LogP contribution is -2.36. The average molecular weight is 330 g/mol. The van der Waals surface area contributed by atoms with Crippen LogP contribution in [0.15, 0.2) is 0 Å². The highest BCUT2D eigenvalue weighted by Gasteiger charge is 2.30. The largest absolute Gasteiger partial charge is 0.476 e. The van der Waals surface area contributed by atoms with Crippen molar-refractivity contribution in [2.45, 2.75) is 33.7 Å². The highest BCUT2D eigenvalue weighted by molar-refractivity contribution is 6.02. The number of aryl methyl sites for hydroxylation is 1. The number of aromatic amines is 2. The lowest BCUT2D eigenvalue weighted by atomic mass is 10.0. The maximum absolute atomic E-state index is 12.9. The molecule has 126 valence electrons. The van der Waals surface area contributed by atoms with E-state index in [1.165, 1.54) is 6.92 Å². The molecule has 24 heavy (non-hydrogen) atoms. The predicted octanol–water partition coefficient (Wildman–Crippen LogP) is 1.45. The van der Waals surface area contributed by atoms with Crippen LogP contribution >= 0.6 is 0 Å². The van der Waals surface area contributed by atoms with E-state index < -0.39 is 5.97 Å². The molecule has 0 aromatic carbocycles. The second-order valence-corrected chi connectivity index (χ2v) is 5.99. The number of aromatic carboxylic acids is 1. The number of H-pyrrole nitrogens is 2. The van der Waals surface area contributed by atoms with Gasteiger partial charge in [-0.15, -0.1) is 0 Å². The number of Topliss-reactive ketones (excluding diaryl/α,β-unsaturated/α-hetero) is 1. The van der Waals surface area contributed by atoms with Gasteiger partial charge in [-0.1, -0.05) is 0 Å². The molecule has 1 aliphatic rings. The zero-order chi connectivity index (χ0) is 17.6. The van der Waals surface area contributed by atoms with Crippen LogP contribution in [-0.2, 0) is 13.0 Å². The SMILES string of the molecule is CC(=O)c1[nH]c(C)c(C(=O)N2CCc3c(C(=O)O)n[nH]c3C2)c1C. The van der Waals surface area contributed by atoms with Crippen LogP contribution in [0.3, 0.4) is 0 Å². The third kappa shape index (κ3) is 2.40. The third-order valence-corrected chi connectivity index (χ3v) is 4.43. The number of hydrogen-bond acceptors (Lipinski definition) is 4. The Morgan fingerprint density at radius 1 is 1.25 bits per heavy atom. The van der Waals surface area contributed by atoms with E-state index in [4.69, 9.17) is 5.11 Å². The Bertz CT molecular complexity index is 862. The van der Waals surface area contributed by atoms with E-state index in [-0.39, 0.29) is 23.9 Å². The van der Waals surface area contributed by atoms with Crippen molar-refractivity contribution >= 4 is 17.7 Å². The lowest BCUT2D eigenvalue weighted by molar-refractivity contribution is 0.0688. The summed E-state index contributed by atoms with van der Waals surface area (Å²) in [5.41, 5.74) is 3.56. The molecule has 0 fully saturated rings. The minimum atomic E-state index is -1.07. The molecule has 0 radical (unpaired) electrons. The Morgan fingerprint density at radius 3 is 2.54 bits per heavy atom. The van der Waals surface area contributed by atoms with Crippen LogP contribution in [0.1, 0.15) is 60.8 Å². The standard InChI is InChI=1S/C16H18N4O4/c1-7-12(8(2)17-13(7)9(3)21)15(22)20-5-4-10-11(6-20)18-19-14(10)16(23)24/h17H,4-6H2,1-3H3,(H,18,19)(H,23,24). The van der Waals surface area contributed by atoms with Gasteiger partial charge in [0.25, 0.3) is 5.91 Å². The van der Waals surface area contributed by atoms with Crippen molar-refractivity contribution in [1.82, 2.24) is 20.1 Å². The normalized spacial score (nSPS) is 13.7. The van der Waals surface area contributed by atoms with E-state index in [2.05, 4.69) is 15.2 Å². The van der Waals surface area contributed by atoms with Crippen LogP contribution in [0.5, 0.6) is 0 Å². The molecule has 1 amide bonds. The molecule has 0 atom stereocenters. The van der Waals surface area contributed by atoms with Crippen LogP contribution in [0.25, 0.3) is 0 Å². The quantitative estimate of drug-likeness (QED) is 0.736. The fraction of sp³-hybridized carbons (Fsp3) is 0.375. The van der Waals surface area contributed by atoms with Gasteiger partial charge in [0, 0.05) is 24.7 Å². The number of carbonyl (C=O) groups is 3. The molecule has 8 nitrogen and oxygen atoms in total. The summed E-state index contributed by atoms with van der Waals surface area (Å²) in [6.45, 7) is 5.65. The molecule has 0 spiro atoms. The molecule has 0 unspecified atom stereocenters. The molecule has 3 heterocycles. The van der Waals surface area contributed by atoms with Gasteiger partial charge in [0.05, 0.1) is 23.5 Å². The summed E-state index contributed by atoms with van der Waals surface area (Å²) in [5.74, 6) is -1.36. The van der Waals surface area contributed by atoms with Gasteiger partial charge in [0.1, 0.15) is 0 Å². The van der Waals surface area contributed by atoms with E-state index in [1.807, 2.05) is 0 Å². The Kier molecular flexibility index (Phi) is 3.75. The molecule has 0 bridgehead atoms. The highest BCUT2D eigenvalue weighted by Crippen LogP contribution is 2.25. The average Bonchev–Trinajstić information content (AvgIpc) is 3.07. The number of amides is 1. The molecule has 3 N–H and O–H groups in total. The molecule has 3 rings (SSSR count). The molecule has 2 aromatic rings. The minimum absolute atomic E-state index is 0.0185. The Balaban J connectivity index is 1.90. The van der Waals surface area contributed by atoms with Gasteiger partial charge in [-0.05, 0) is 25.8 Å². The van der Waals surface area contributed by atoms with Crippen molar-refractivity contribution < 1.29 is 19.5 Å². The Morgan fingerprint density at radius 2 is 1.96 bits per heavy atom. The Labute approximate surface area is 137 Å². The van der Waals surface area contributed by atoms with Crippen molar-refractivity contribution in [2.24, 2.45) is 0 Å². The van der Waals surface area contributed by atoms with E-state index in [9.17, 15) is 14.4 Å². The number of hydrogen-bond donors (Lipinski definition) is 3. The van der Waals surface area contributed by atoms with Gasteiger partial charge in [-0.3, -0.25) is 14.7 Å². The Hall–Kier alpha value is -2.90. The maximum atomic E-state index is 12.9. The first-order valence-electron chi connectivity index (χ1n) is 7.60. The summed E-state index contributed by atoms with van der Waals surface area (Å²) in [6, 6.07) is 0. The van der Waals surface area contributed by atoms with Gasteiger partial charge >= 0.3 is 5.97 Å². The summed E-state index contributed by atoms with van der Waals surface area (Å²) >= 11 is 0. The van der Waals surface area contributed by atoms with Crippen molar-refractivity contribution in [3.8, 4) is 0 Å². The summed E-state index contributed by atoms with van der Waals surface area (Å²) in [7, 11) is 0. The number of nitrogens with zero attached hydrogens (tertiary/aromatic N) is 2. The fourth-order valence-electron chi connectivity index (χ4n) is 3.25. The van der Waals surface area contributed by atoms with Crippen molar-refractivity contribution in [3.05, 3.63) is 39.5 Å². The first-order valence-corrected chi connectivity index (χ1v) is 7.60. The van der Waals surface area contributed by atoms with E-state index >= 15 is 0 Å². The number of carboxylic acid groups (broad SMARTS) is 1. The smallest absolute Gasteiger partial charge is 0.356 e. The first kappa shape index (κ1) is 16.0. The van der Waals surface area contributed by atoms with Crippen LogP contribution in [0, 0.1) is 13.8 Å². The van der Waals surface area contributed by atoms with Crippen LogP contribution in [-0.4, -0.2) is 49.4 Å². The van der Waals surface area contributed by atoms with Crippen LogP contribution < -0.4 is 0 Å². The summed E-state index contributed by atoms with van der Waals surface area (Å²) in [6.07, 6.45) is 0.432. The van der Waals surface area contributed by atoms with E-state index in [0.29, 0.717) is 46.7 Å². The molecule has 2 aromatic heterocycles. The lowest BCUT2D eigenvalue weighted by Gasteiger charge is -2.27. The maximum Gasteiger partial charge on any atom is 0.356 e. The molecule has 1 aliphatic heterocycles. The molecule has 8 heteroatoms. The molecule has 0 aliphatic carbocycles. The van der Waals surface area contributed by atoms with E-state index in [0.717, 1.165) is 0 Å². The zero-order valence-corrected chi connectivity index (χ0v) is 13.7. The van der Waals surface area contributed by atoms with Crippen LogP contribution in [0.4, 0.5) is 0 Å². The second kappa shape index (κ2) is 5.63. The van der Waals surface area contributed by atoms with Gasteiger partial charge in [-0.2, -0.15) is 5.10 Å². The molecular formula is C16H18N4O4. The predicted molar refractivity (Wildman–Crippen MR) is 84.3 cm³/mol. The highest BCUT2D eigenvalue weighted by atomic mass is 16.4. The number of rotatable bonds is 3. The number of carboxylic acids is 1. The van der Waals surface area contributed by atoms with Crippen molar-refractivity contribution in [3.63, 3.8) is 0 Å². The minimum Gasteiger partial charge on any atom is -0.476 e. The van der Waals surface area contributed by atoms with Gasteiger partial charge in [0.2, 0.25) is 0 Å². The monoisotopic (exact) mass is 330 g/mol. The summed E-state index contributed by atoms with van der Waals surface area (Å²) in [4.78, 5) is 40.2. The fourth-order valence-corrected chi connectivity index (χ4v) is 3.25. The van der Waals surface area contributed by atoms with Gasteiger partial charge < -0.3 is 15.0 Å². The number of nitrogens with one attached hydrogen (secondary N) is 2. The third-order valence-electron chi connectivity index (χ3n) is 4.43. The van der Waals surface area contributed by atoms with Gasteiger partial charge in [-0.25, -0.2) is 4.79 Å². The number of fused-ring (bicyclic) bond motifs is 1. The number of aromatic nitrogens is 3. The molecule has 0 saturated carbocycles. The second-order valence-electron chi connectivity index (χ2n) is 5.99. The van der Waals surface area contributed by atoms with E-state index in [1.54, 1.807) is 18.7 Å². The zero-order valence-electron chi connectivity index (χ0n) is 13.7. The van der Waals surface area contributed by atoms with Crippen LogP contribution in [0.2, 0.25) is 0 Å².